The third-order valence-corrected chi connectivity index (χ3v) is 4.49. The predicted octanol–water partition coefficient (Wildman–Crippen LogP) is 3.68. The molecule has 2 rings (SSSR count). The van der Waals surface area contributed by atoms with E-state index in [0.29, 0.717) is 27.5 Å². The van der Waals surface area contributed by atoms with Gasteiger partial charge in [-0.3, -0.25) is 10.1 Å². The van der Waals surface area contributed by atoms with Crippen molar-refractivity contribution >= 4 is 45.2 Å². The van der Waals surface area contributed by atoms with Crippen molar-refractivity contribution in [1.29, 1.82) is 0 Å². The Kier molecular flexibility index (Phi) is 7.17. The zero-order valence-corrected chi connectivity index (χ0v) is 15.8. The molecule has 0 bridgehead atoms. The van der Waals surface area contributed by atoms with E-state index in [1.54, 1.807) is 12.1 Å². The van der Waals surface area contributed by atoms with Gasteiger partial charge in [0.1, 0.15) is 0 Å². The molecule has 0 atom stereocenters. The number of amides is 3. The molecule has 0 aliphatic heterocycles. The lowest BCUT2D eigenvalue weighted by molar-refractivity contribution is -0.118. The molecular weight excluding hydrogens is 398 g/mol. The molecular formula is C16H21BrClN3O3. The Morgan fingerprint density at radius 2 is 2.04 bits per heavy atom. The second-order valence-corrected chi connectivity index (χ2v) is 6.84. The highest BCUT2D eigenvalue weighted by Crippen LogP contribution is 2.36. The van der Waals surface area contributed by atoms with Crippen LogP contribution in [0, 0.1) is 0 Å². The summed E-state index contributed by atoms with van der Waals surface area (Å²) in [5, 5.41) is 8.58. The van der Waals surface area contributed by atoms with Crippen LogP contribution in [0.25, 0.3) is 0 Å². The Bertz CT molecular complexity index is 606. The van der Waals surface area contributed by atoms with Crippen LogP contribution >= 0.6 is 27.5 Å². The van der Waals surface area contributed by atoms with E-state index in [4.69, 9.17) is 16.3 Å². The highest BCUT2D eigenvalue weighted by Gasteiger charge is 2.18. The molecule has 1 saturated carbocycles. The Hall–Kier alpha value is -1.47. The summed E-state index contributed by atoms with van der Waals surface area (Å²) in [7, 11) is 0. The van der Waals surface area contributed by atoms with Gasteiger partial charge in [-0.1, -0.05) is 24.4 Å². The van der Waals surface area contributed by atoms with Crippen molar-refractivity contribution in [2.45, 2.75) is 38.6 Å². The molecule has 8 heteroatoms. The minimum absolute atomic E-state index is 0.0645. The summed E-state index contributed by atoms with van der Waals surface area (Å²) < 4.78 is 6.24. The fourth-order valence-corrected chi connectivity index (χ4v) is 3.55. The van der Waals surface area contributed by atoms with Crippen molar-refractivity contribution in [3.8, 4) is 5.75 Å². The van der Waals surface area contributed by atoms with Gasteiger partial charge in [0, 0.05) is 11.1 Å². The molecule has 0 aromatic heterocycles. The molecule has 6 nitrogen and oxygen atoms in total. The first-order valence-corrected chi connectivity index (χ1v) is 9.12. The summed E-state index contributed by atoms with van der Waals surface area (Å²) in [5.41, 5.74) is 0.586. The van der Waals surface area contributed by atoms with Crippen LogP contribution in [-0.2, 0) is 4.79 Å². The van der Waals surface area contributed by atoms with Crippen LogP contribution in [0.15, 0.2) is 16.6 Å². The first kappa shape index (κ1) is 18.9. The van der Waals surface area contributed by atoms with Crippen molar-refractivity contribution in [2.75, 3.05) is 18.5 Å². The fourth-order valence-electron chi connectivity index (χ4n) is 2.62. The number of carbonyl (C=O) groups excluding carboxylic acids is 2. The number of anilines is 1. The molecule has 1 aliphatic rings. The second-order valence-electron chi connectivity index (χ2n) is 5.55. The molecule has 3 N–H and O–H groups in total. The van der Waals surface area contributed by atoms with Crippen LogP contribution < -0.4 is 20.7 Å². The van der Waals surface area contributed by atoms with E-state index in [2.05, 4.69) is 31.9 Å². The highest BCUT2D eigenvalue weighted by molar-refractivity contribution is 9.10. The van der Waals surface area contributed by atoms with E-state index >= 15 is 0 Å². The maximum atomic E-state index is 11.9. The van der Waals surface area contributed by atoms with E-state index in [9.17, 15) is 9.59 Å². The number of benzene rings is 1. The van der Waals surface area contributed by atoms with Crippen molar-refractivity contribution in [2.24, 2.45) is 0 Å². The van der Waals surface area contributed by atoms with Gasteiger partial charge in [0.05, 0.1) is 23.3 Å². The zero-order chi connectivity index (χ0) is 17.5. The van der Waals surface area contributed by atoms with Crippen LogP contribution in [0.5, 0.6) is 5.75 Å². The Morgan fingerprint density at radius 1 is 1.33 bits per heavy atom. The minimum atomic E-state index is -0.453. The summed E-state index contributed by atoms with van der Waals surface area (Å²) >= 11 is 9.41. The number of carbonyl (C=O) groups is 2. The zero-order valence-electron chi connectivity index (χ0n) is 13.5. The monoisotopic (exact) mass is 417 g/mol. The first-order valence-electron chi connectivity index (χ1n) is 7.95. The van der Waals surface area contributed by atoms with E-state index < -0.39 is 11.9 Å². The molecule has 1 aromatic rings. The number of hydrogen-bond acceptors (Lipinski definition) is 4. The van der Waals surface area contributed by atoms with Crippen molar-refractivity contribution in [1.82, 2.24) is 10.6 Å². The fraction of sp³-hybridized carbons (Fsp3) is 0.500. The van der Waals surface area contributed by atoms with Crippen molar-refractivity contribution in [3.05, 3.63) is 21.6 Å². The topological polar surface area (TPSA) is 79.5 Å². The van der Waals surface area contributed by atoms with Gasteiger partial charge >= 0.3 is 6.03 Å². The molecule has 3 amide bonds. The van der Waals surface area contributed by atoms with Crippen LogP contribution in [0.2, 0.25) is 5.02 Å². The first-order chi connectivity index (χ1) is 11.5. The molecule has 1 aliphatic carbocycles. The van der Waals surface area contributed by atoms with Gasteiger partial charge in [-0.15, -0.1) is 0 Å². The van der Waals surface area contributed by atoms with Crippen molar-refractivity contribution < 1.29 is 14.3 Å². The van der Waals surface area contributed by atoms with Gasteiger partial charge in [-0.05, 0) is 47.8 Å². The summed E-state index contributed by atoms with van der Waals surface area (Å²) in [5.74, 6) is 0.147. The Balaban J connectivity index is 1.87. The number of imide groups is 1. The van der Waals surface area contributed by atoms with Gasteiger partial charge < -0.3 is 15.4 Å². The number of urea groups is 1. The molecule has 0 saturated heterocycles. The van der Waals surface area contributed by atoms with E-state index in [0.717, 1.165) is 25.7 Å². The van der Waals surface area contributed by atoms with E-state index in [-0.39, 0.29) is 12.6 Å². The molecule has 0 radical (unpaired) electrons. The van der Waals surface area contributed by atoms with E-state index in [1.807, 2.05) is 6.92 Å². The second kappa shape index (κ2) is 9.13. The molecule has 0 spiro atoms. The third kappa shape index (κ3) is 5.56. The average molecular weight is 419 g/mol. The molecule has 24 heavy (non-hydrogen) atoms. The quantitative estimate of drug-likeness (QED) is 0.658. The molecule has 0 heterocycles. The lowest BCUT2D eigenvalue weighted by atomic mass is 10.2. The lowest BCUT2D eigenvalue weighted by Crippen LogP contribution is -2.45. The number of hydrogen-bond donors (Lipinski definition) is 3. The minimum Gasteiger partial charge on any atom is -0.491 e. The molecule has 1 fully saturated rings. The number of ether oxygens (including phenoxy) is 1. The van der Waals surface area contributed by atoms with Gasteiger partial charge in [0.2, 0.25) is 5.91 Å². The summed E-state index contributed by atoms with van der Waals surface area (Å²) in [6.45, 7) is 2.28. The van der Waals surface area contributed by atoms with Crippen LogP contribution in [0.4, 0.5) is 10.5 Å². The lowest BCUT2D eigenvalue weighted by Gasteiger charge is -2.15. The molecule has 132 valence electrons. The van der Waals surface area contributed by atoms with Gasteiger partial charge in [0.15, 0.2) is 5.75 Å². The van der Waals surface area contributed by atoms with Crippen LogP contribution in [-0.4, -0.2) is 31.1 Å². The van der Waals surface area contributed by atoms with Crippen molar-refractivity contribution in [3.63, 3.8) is 0 Å². The predicted molar refractivity (Wildman–Crippen MR) is 97.7 cm³/mol. The largest absolute Gasteiger partial charge is 0.491 e. The Labute approximate surface area is 154 Å². The maximum Gasteiger partial charge on any atom is 0.321 e. The SMILES string of the molecule is CCOc1c(Br)cc(Cl)cc1NCC(=O)NC(=O)NC1CCCC1. The maximum absolute atomic E-state index is 11.9. The Morgan fingerprint density at radius 3 is 2.71 bits per heavy atom. The third-order valence-electron chi connectivity index (χ3n) is 3.68. The normalized spacial score (nSPS) is 14.3. The number of rotatable bonds is 6. The van der Waals surface area contributed by atoms with Crippen LogP contribution in [0.3, 0.4) is 0 Å². The molecule has 1 aromatic carbocycles. The van der Waals surface area contributed by atoms with E-state index in [1.165, 1.54) is 0 Å². The smallest absolute Gasteiger partial charge is 0.321 e. The average Bonchev–Trinajstić information content (AvgIpc) is 3.00. The van der Waals surface area contributed by atoms with Gasteiger partial charge in [-0.2, -0.15) is 0 Å². The van der Waals surface area contributed by atoms with Gasteiger partial charge in [0.25, 0.3) is 0 Å². The summed E-state index contributed by atoms with van der Waals surface area (Å²) in [6.07, 6.45) is 4.16. The standard InChI is InChI=1S/C16H21BrClN3O3/c1-2-24-15-12(17)7-10(18)8-13(15)19-9-14(22)21-16(23)20-11-5-3-4-6-11/h7-8,11,19H,2-6,9H2,1H3,(H2,20,21,22,23). The van der Waals surface area contributed by atoms with Crippen LogP contribution in [0.1, 0.15) is 32.6 Å². The number of nitrogens with one attached hydrogen (secondary N) is 3. The highest BCUT2D eigenvalue weighted by atomic mass is 79.9. The number of halogens is 2. The summed E-state index contributed by atoms with van der Waals surface area (Å²) in [4.78, 5) is 23.7. The molecule has 0 unspecified atom stereocenters. The van der Waals surface area contributed by atoms with Gasteiger partial charge in [-0.25, -0.2) is 4.79 Å². The summed E-state index contributed by atoms with van der Waals surface area (Å²) in [6, 6.07) is 3.10.